The predicted molar refractivity (Wildman–Crippen MR) is 50.2 cm³/mol. The molecular formula is C11H14O2. The van der Waals surface area contributed by atoms with Crippen molar-refractivity contribution < 1.29 is 9.84 Å². The van der Waals surface area contributed by atoms with Gasteiger partial charge in [0.2, 0.25) is 0 Å². The van der Waals surface area contributed by atoms with E-state index in [1.165, 1.54) is 5.56 Å². The van der Waals surface area contributed by atoms with Crippen LogP contribution in [0.4, 0.5) is 0 Å². The number of rotatable bonds is 2. The second kappa shape index (κ2) is 3.90. The molecule has 1 heterocycles. The Balaban J connectivity index is 1.98. The Kier molecular flexibility index (Phi) is 2.62. The van der Waals surface area contributed by atoms with Gasteiger partial charge in [0, 0.05) is 5.92 Å². The van der Waals surface area contributed by atoms with Gasteiger partial charge in [0.25, 0.3) is 0 Å². The van der Waals surface area contributed by atoms with Crippen LogP contribution in [0.5, 0.6) is 0 Å². The van der Waals surface area contributed by atoms with Crippen molar-refractivity contribution in [2.45, 2.75) is 19.1 Å². The van der Waals surface area contributed by atoms with E-state index in [-0.39, 0.29) is 5.92 Å². The summed E-state index contributed by atoms with van der Waals surface area (Å²) >= 11 is 0. The maximum absolute atomic E-state index is 9.43. The lowest BCUT2D eigenvalue weighted by Crippen LogP contribution is -2.16. The Morgan fingerprint density at radius 2 is 2.08 bits per heavy atom. The average Bonchev–Trinajstić information content (AvgIpc) is 2.54. The van der Waals surface area contributed by atoms with Gasteiger partial charge < -0.3 is 9.84 Å². The molecule has 1 fully saturated rings. The first-order valence-electron chi connectivity index (χ1n) is 4.70. The van der Waals surface area contributed by atoms with Crippen LogP contribution in [0.3, 0.4) is 0 Å². The highest BCUT2D eigenvalue weighted by Gasteiger charge is 2.25. The van der Waals surface area contributed by atoms with E-state index in [1.807, 2.05) is 18.2 Å². The van der Waals surface area contributed by atoms with Crippen LogP contribution in [0, 0.1) is 5.92 Å². The van der Waals surface area contributed by atoms with Gasteiger partial charge in [-0.25, -0.2) is 0 Å². The summed E-state index contributed by atoms with van der Waals surface area (Å²) in [6, 6.07) is 10.2. The fraction of sp³-hybridized carbons (Fsp3) is 0.455. The lowest BCUT2D eigenvalue weighted by Gasteiger charge is -2.12. The molecule has 2 rings (SSSR count). The lowest BCUT2D eigenvalue weighted by atomic mass is 9.98. The molecule has 1 aromatic rings. The molecule has 0 unspecified atom stereocenters. The van der Waals surface area contributed by atoms with Crippen LogP contribution in [0.1, 0.15) is 12.0 Å². The maximum atomic E-state index is 9.43. The van der Waals surface area contributed by atoms with Crippen LogP contribution in [0.15, 0.2) is 30.3 Å². The molecule has 0 radical (unpaired) electrons. The molecule has 2 atom stereocenters. The number of aliphatic hydroxyl groups is 1. The summed E-state index contributed by atoms with van der Waals surface area (Å²) in [5.41, 5.74) is 1.28. The third-order valence-corrected chi connectivity index (χ3v) is 2.52. The third-order valence-electron chi connectivity index (χ3n) is 2.52. The normalized spacial score (nSPS) is 27.8. The quantitative estimate of drug-likeness (QED) is 0.745. The zero-order chi connectivity index (χ0) is 9.10. The summed E-state index contributed by atoms with van der Waals surface area (Å²) in [6.07, 6.45) is 1.33. The molecule has 70 valence electrons. The summed E-state index contributed by atoms with van der Waals surface area (Å²) in [4.78, 5) is 0. The minimum absolute atomic E-state index is 0.280. The number of aliphatic hydroxyl groups excluding tert-OH is 1. The Morgan fingerprint density at radius 3 is 2.69 bits per heavy atom. The van der Waals surface area contributed by atoms with Crippen LogP contribution in [0.25, 0.3) is 0 Å². The van der Waals surface area contributed by atoms with Crippen LogP contribution in [-0.2, 0) is 11.2 Å². The van der Waals surface area contributed by atoms with Crippen molar-refractivity contribution >= 4 is 0 Å². The monoisotopic (exact) mass is 178 g/mol. The molecule has 1 aromatic carbocycles. The van der Waals surface area contributed by atoms with E-state index in [4.69, 9.17) is 4.74 Å². The zero-order valence-corrected chi connectivity index (χ0v) is 7.52. The molecule has 0 saturated carbocycles. The lowest BCUT2D eigenvalue weighted by molar-refractivity contribution is -0.0818. The summed E-state index contributed by atoms with van der Waals surface area (Å²) < 4.78 is 5.09. The minimum atomic E-state index is -0.555. The Bertz CT molecular complexity index is 258. The number of ether oxygens (including phenoxy) is 1. The second-order valence-electron chi connectivity index (χ2n) is 3.50. The molecule has 0 spiro atoms. The van der Waals surface area contributed by atoms with E-state index >= 15 is 0 Å². The highest BCUT2D eigenvalue weighted by molar-refractivity contribution is 5.15. The Morgan fingerprint density at radius 1 is 1.31 bits per heavy atom. The summed E-state index contributed by atoms with van der Waals surface area (Å²) in [5.74, 6) is 0.280. The average molecular weight is 178 g/mol. The highest BCUT2D eigenvalue weighted by Crippen LogP contribution is 2.22. The predicted octanol–water partition coefficient (Wildman–Crippen LogP) is 1.58. The molecule has 13 heavy (non-hydrogen) atoms. The Hall–Kier alpha value is -0.860. The van der Waals surface area contributed by atoms with Crippen LogP contribution < -0.4 is 0 Å². The van der Waals surface area contributed by atoms with E-state index in [2.05, 4.69) is 12.1 Å². The Labute approximate surface area is 78.2 Å². The van der Waals surface area contributed by atoms with Gasteiger partial charge in [-0.05, 0) is 18.4 Å². The molecule has 0 aromatic heterocycles. The molecule has 0 aliphatic carbocycles. The molecule has 2 nitrogen and oxygen atoms in total. The van der Waals surface area contributed by atoms with Crippen molar-refractivity contribution in [1.82, 2.24) is 0 Å². The first kappa shape index (κ1) is 8.73. The van der Waals surface area contributed by atoms with Gasteiger partial charge in [-0.1, -0.05) is 30.3 Å². The number of hydrogen-bond donors (Lipinski definition) is 1. The van der Waals surface area contributed by atoms with E-state index < -0.39 is 6.29 Å². The van der Waals surface area contributed by atoms with Crippen LogP contribution >= 0.6 is 0 Å². The largest absolute Gasteiger partial charge is 0.368 e. The first-order valence-corrected chi connectivity index (χ1v) is 4.70. The van der Waals surface area contributed by atoms with Gasteiger partial charge in [0.15, 0.2) is 6.29 Å². The highest BCUT2D eigenvalue weighted by atomic mass is 16.6. The van der Waals surface area contributed by atoms with Crippen molar-refractivity contribution in [3.63, 3.8) is 0 Å². The van der Waals surface area contributed by atoms with E-state index in [0.29, 0.717) is 6.61 Å². The molecule has 0 bridgehead atoms. The number of hydrogen-bond acceptors (Lipinski definition) is 2. The molecule has 2 heteroatoms. The van der Waals surface area contributed by atoms with Crippen molar-refractivity contribution in [3.05, 3.63) is 35.9 Å². The fourth-order valence-corrected chi connectivity index (χ4v) is 1.74. The fourth-order valence-electron chi connectivity index (χ4n) is 1.74. The van der Waals surface area contributed by atoms with E-state index in [1.54, 1.807) is 0 Å². The van der Waals surface area contributed by atoms with E-state index in [9.17, 15) is 5.11 Å². The molecule has 0 amide bonds. The van der Waals surface area contributed by atoms with Gasteiger partial charge in [-0.3, -0.25) is 0 Å². The van der Waals surface area contributed by atoms with Crippen molar-refractivity contribution in [1.29, 1.82) is 0 Å². The molecule has 1 N–H and O–H groups in total. The van der Waals surface area contributed by atoms with E-state index in [0.717, 1.165) is 12.8 Å². The smallest absolute Gasteiger partial charge is 0.157 e. The third kappa shape index (κ3) is 2.08. The molecule has 1 saturated heterocycles. The van der Waals surface area contributed by atoms with Gasteiger partial charge in [0.05, 0.1) is 6.61 Å². The molecule has 1 aliphatic heterocycles. The zero-order valence-electron chi connectivity index (χ0n) is 7.52. The van der Waals surface area contributed by atoms with Crippen molar-refractivity contribution in [2.75, 3.05) is 6.61 Å². The van der Waals surface area contributed by atoms with Gasteiger partial charge in [-0.15, -0.1) is 0 Å². The summed E-state index contributed by atoms with van der Waals surface area (Å²) in [6.45, 7) is 0.693. The van der Waals surface area contributed by atoms with Gasteiger partial charge in [0.1, 0.15) is 0 Å². The number of benzene rings is 1. The van der Waals surface area contributed by atoms with Gasteiger partial charge in [-0.2, -0.15) is 0 Å². The summed E-state index contributed by atoms with van der Waals surface area (Å²) in [5, 5.41) is 9.43. The molecule has 1 aliphatic rings. The van der Waals surface area contributed by atoms with Crippen LogP contribution in [-0.4, -0.2) is 18.0 Å². The van der Waals surface area contributed by atoms with Crippen molar-refractivity contribution in [3.8, 4) is 0 Å². The minimum Gasteiger partial charge on any atom is -0.368 e. The SMILES string of the molecule is O[C@@H]1OCC[C@H]1Cc1ccccc1. The van der Waals surface area contributed by atoms with Crippen molar-refractivity contribution in [2.24, 2.45) is 5.92 Å². The standard InChI is InChI=1S/C11H14O2/c12-11-10(6-7-13-11)8-9-4-2-1-3-5-9/h1-5,10-12H,6-8H2/t10-,11+/m0/s1. The topological polar surface area (TPSA) is 29.5 Å². The second-order valence-corrected chi connectivity index (χ2v) is 3.50. The van der Waals surface area contributed by atoms with Gasteiger partial charge >= 0.3 is 0 Å². The maximum Gasteiger partial charge on any atom is 0.157 e. The molecular weight excluding hydrogens is 164 g/mol. The summed E-state index contributed by atoms with van der Waals surface area (Å²) in [7, 11) is 0. The first-order chi connectivity index (χ1) is 6.36. The van der Waals surface area contributed by atoms with Crippen LogP contribution in [0.2, 0.25) is 0 Å².